The maximum Gasteiger partial charge on any atom is 0.324 e. The number of carbonyl (C=O) groups excluding carboxylic acids is 2. The number of hydrogen-bond acceptors (Lipinski definition) is 3. The zero-order valence-corrected chi connectivity index (χ0v) is 16.9. The normalized spacial score (nSPS) is 18.6. The van der Waals surface area contributed by atoms with E-state index in [9.17, 15) is 9.59 Å². The molecule has 0 spiro atoms. The van der Waals surface area contributed by atoms with Crippen LogP contribution in [0, 0.1) is 5.92 Å². The Labute approximate surface area is 175 Å². The Bertz CT molecular complexity index is 904. The topological polar surface area (TPSA) is 61.9 Å². The summed E-state index contributed by atoms with van der Waals surface area (Å²) in [6.45, 7) is 2.45. The largest absolute Gasteiger partial charge is 0.490 e. The molecule has 0 aliphatic carbocycles. The van der Waals surface area contributed by atoms with Crippen LogP contribution in [0.3, 0.4) is 0 Å². The summed E-state index contributed by atoms with van der Waals surface area (Å²) in [6, 6.07) is 15.0. The summed E-state index contributed by atoms with van der Waals surface area (Å²) in [7, 11) is 0. The number of likely N-dealkylation sites (tertiary alicyclic amines) is 1. The first kappa shape index (κ1) is 19.6. The van der Waals surface area contributed by atoms with Gasteiger partial charge in [-0.25, -0.2) is 4.79 Å². The number of benzene rings is 2. The van der Waals surface area contributed by atoms with E-state index in [1.54, 1.807) is 9.80 Å². The number of urea groups is 1. The molecule has 1 N–H and O–H groups in total. The van der Waals surface area contributed by atoms with E-state index in [1.165, 1.54) is 0 Å². The molecule has 2 heterocycles. The van der Waals surface area contributed by atoms with Gasteiger partial charge in [-0.05, 0) is 36.6 Å². The van der Waals surface area contributed by atoms with Gasteiger partial charge in [-0.1, -0.05) is 41.9 Å². The molecule has 7 heteroatoms. The molecule has 1 fully saturated rings. The first-order chi connectivity index (χ1) is 14.1. The molecule has 1 atom stereocenters. The summed E-state index contributed by atoms with van der Waals surface area (Å²) < 4.78 is 5.65. The summed E-state index contributed by atoms with van der Waals surface area (Å²) in [6.07, 6.45) is 1.58. The summed E-state index contributed by atoms with van der Waals surface area (Å²) in [5, 5.41) is 3.61. The van der Waals surface area contributed by atoms with Gasteiger partial charge in [0, 0.05) is 24.7 Å². The number of hydrogen-bond donors (Lipinski definition) is 1. The zero-order valence-electron chi connectivity index (χ0n) is 16.1. The van der Waals surface area contributed by atoms with Crippen LogP contribution < -0.4 is 15.0 Å². The lowest BCUT2D eigenvalue weighted by Gasteiger charge is -2.37. The van der Waals surface area contributed by atoms with E-state index in [1.807, 2.05) is 48.5 Å². The number of ether oxygens (including phenoxy) is 1. The highest BCUT2D eigenvalue weighted by atomic mass is 35.5. The summed E-state index contributed by atoms with van der Waals surface area (Å²) in [5.74, 6) is 0.467. The van der Waals surface area contributed by atoms with Crippen molar-refractivity contribution in [3.05, 3.63) is 59.1 Å². The van der Waals surface area contributed by atoms with Gasteiger partial charge in [-0.2, -0.15) is 0 Å². The maximum absolute atomic E-state index is 13.2. The van der Waals surface area contributed by atoms with E-state index < -0.39 is 0 Å². The maximum atomic E-state index is 13.2. The number of rotatable bonds is 3. The molecule has 1 unspecified atom stereocenters. The van der Waals surface area contributed by atoms with Crippen molar-refractivity contribution in [2.24, 2.45) is 5.92 Å². The van der Waals surface area contributed by atoms with Gasteiger partial charge in [-0.3, -0.25) is 9.69 Å². The molecular formula is C22H24ClN3O3. The van der Waals surface area contributed by atoms with Gasteiger partial charge >= 0.3 is 6.03 Å². The van der Waals surface area contributed by atoms with Crippen molar-refractivity contribution in [3.8, 4) is 5.75 Å². The first-order valence-electron chi connectivity index (χ1n) is 9.93. The molecule has 29 heavy (non-hydrogen) atoms. The Hall–Kier alpha value is -2.73. The van der Waals surface area contributed by atoms with E-state index in [0.29, 0.717) is 37.8 Å². The van der Waals surface area contributed by atoms with E-state index >= 15 is 0 Å². The second-order valence-electron chi connectivity index (χ2n) is 7.34. The fourth-order valence-electron chi connectivity index (χ4n) is 3.87. The van der Waals surface area contributed by atoms with Crippen molar-refractivity contribution in [2.45, 2.75) is 19.4 Å². The zero-order chi connectivity index (χ0) is 20.2. The minimum Gasteiger partial charge on any atom is -0.490 e. The molecule has 2 aromatic carbocycles. The van der Waals surface area contributed by atoms with Gasteiger partial charge in [-0.15, -0.1) is 0 Å². The molecule has 0 bridgehead atoms. The van der Waals surface area contributed by atoms with Gasteiger partial charge in [0.1, 0.15) is 12.4 Å². The van der Waals surface area contributed by atoms with Crippen molar-refractivity contribution >= 4 is 29.2 Å². The van der Waals surface area contributed by atoms with E-state index in [4.69, 9.17) is 16.3 Å². The summed E-state index contributed by atoms with van der Waals surface area (Å²) in [5.41, 5.74) is 1.67. The molecule has 0 aromatic heterocycles. The second-order valence-corrected chi connectivity index (χ2v) is 7.75. The van der Waals surface area contributed by atoms with Crippen LogP contribution >= 0.6 is 11.6 Å². The molecule has 4 rings (SSSR count). The fraction of sp³-hybridized carbons (Fsp3) is 0.364. The van der Waals surface area contributed by atoms with Crippen LogP contribution in [0.2, 0.25) is 5.02 Å². The first-order valence-corrected chi connectivity index (χ1v) is 10.3. The molecule has 1 saturated heterocycles. The van der Waals surface area contributed by atoms with E-state index in [2.05, 4.69) is 5.32 Å². The second kappa shape index (κ2) is 8.74. The summed E-state index contributed by atoms with van der Waals surface area (Å²) >= 11 is 6.17. The minimum absolute atomic E-state index is 0.0372. The number of anilines is 1. The lowest BCUT2D eigenvalue weighted by molar-refractivity contribution is -0.126. The van der Waals surface area contributed by atoms with Gasteiger partial charge in [0.25, 0.3) is 0 Å². The van der Waals surface area contributed by atoms with Crippen LogP contribution in [-0.2, 0) is 11.3 Å². The number of piperidine rings is 1. The third-order valence-electron chi connectivity index (χ3n) is 5.43. The predicted molar refractivity (Wildman–Crippen MR) is 112 cm³/mol. The fourth-order valence-corrected chi connectivity index (χ4v) is 4.07. The molecule has 2 aromatic rings. The van der Waals surface area contributed by atoms with E-state index in [-0.39, 0.29) is 17.9 Å². The Morgan fingerprint density at radius 1 is 1.10 bits per heavy atom. The number of nitrogens with zero attached hydrogens (tertiary/aromatic N) is 2. The molecule has 2 aliphatic rings. The van der Waals surface area contributed by atoms with Gasteiger partial charge < -0.3 is 15.0 Å². The van der Waals surface area contributed by atoms with Crippen molar-refractivity contribution < 1.29 is 14.3 Å². The monoisotopic (exact) mass is 413 g/mol. The lowest BCUT2D eigenvalue weighted by atomic mass is 9.97. The van der Waals surface area contributed by atoms with Crippen molar-refractivity contribution in [1.29, 1.82) is 0 Å². The van der Waals surface area contributed by atoms with Crippen molar-refractivity contribution in [2.75, 3.05) is 31.1 Å². The van der Waals surface area contributed by atoms with Crippen LogP contribution in [0.1, 0.15) is 18.4 Å². The third-order valence-corrected chi connectivity index (χ3v) is 5.80. The van der Waals surface area contributed by atoms with Crippen molar-refractivity contribution in [1.82, 2.24) is 10.2 Å². The van der Waals surface area contributed by atoms with Crippen LogP contribution in [-0.4, -0.2) is 43.1 Å². The highest BCUT2D eigenvalue weighted by Gasteiger charge is 2.33. The molecule has 0 radical (unpaired) electrons. The Kier molecular flexibility index (Phi) is 5.90. The molecule has 0 saturated carbocycles. The Morgan fingerprint density at radius 3 is 2.76 bits per heavy atom. The van der Waals surface area contributed by atoms with Gasteiger partial charge in [0.2, 0.25) is 5.91 Å². The SMILES string of the molecule is O=C(NCc1ccccc1Cl)C1CCCN(C(=O)N2CCOc3ccccc32)C1. The highest BCUT2D eigenvalue weighted by Crippen LogP contribution is 2.32. The predicted octanol–water partition coefficient (Wildman–Crippen LogP) is 3.69. The Morgan fingerprint density at radius 2 is 1.90 bits per heavy atom. The number of carbonyl (C=O) groups is 2. The molecule has 152 valence electrons. The quantitative estimate of drug-likeness (QED) is 0.834. The average molecular weight is 414 g/mol. The van der Waals surface area contributed by atoms with Crippen LogP contribution in [0.15, 0.2) is 48.5 Å². The van der Waals surface area contributed by atoms with Crippen molar-refractivity contribution in [3.63, 3.8) is 0 Å². The van der Waals surface area contributed by atoms with E-state index in [0.717, 1.165) is 29.8 Å². The van der Waals surface area contributed by atoms with Crippen LogP contribution in [0.5, 0.6) is 5.75 Å². The number of nitrogens with one attached hydrogen (secondary N) is 1. The molecule has 3 amide bonds. The number of para-hydroxylation sites is 2. The standard InChI is InChI=1S/C22H24ClN3O3/c23-18-8-2-1-6-16(18)14-24-21(27)17-7-5-11-25(15-17)22(28)26-12-13-29-20-10-4-3-9-19(20)26/h1-4,6,8-10,17H,5,7,11-15H2,(H,24,27). The smallest absolute Gasteiger partial charge is 0.324 e. The van der Waals surface area contributed by atoms with Gasteiger partial charge in [0.05, 0.1) is 18.2 Å². The van der Waals surface area contributed by atoms with Gasteiger partial charge in [0.15, 0.2) is 0 Å². The molecular weight excluding hydrogens is 390 g/mol. The van der Waals surface area contributed by atoms with Crippen LogP contribution in [0.25, 0.3) is 0 Å². The lowest BCUT2D eigenvalue weighted by Crippen LogP contribution is -2.52. The van der Waals surface area contributed by atoms with Crippen LogP contribution in [0.4, 0.5) is 10.5 Å². The summed E-state index contributed by atoms with van der Waals surface area (Å²) in [4.78, 5) is 29.4. The highest BCUT2D eigenvalue weighted by molar-refractivity contribution is 6.31. The molecule has 6 nitrogen and oxygen atoms in total. The number of halogens is 1. The minimum atomic E-state index is -0.216. The number of fused-ring (bicyclic) bond motifs is 1. The third kappa shape index (κ3) is 4.32. The average Bonchev–Trinajstić information content (AvgIpc) is 2.77. The molecule has 2 aliphatic heterocycles. The number of amides is 3. The Balaban J connectivity index is 1.39.